The molecule has 17 amide bonds. The molecular formula is C73H119N23O29S. The molecule has 16 atom stereocenters. The fraction of sp³-hybridized carbons (Fsp3) is 0.644. The van der Waals surface area contributed by atoms with Crippen molar-refractivity contribution in [3.8, 4) is 0 Å². The predicted molar refractivity (Wildman–Crippen MR) is 439 cm³/mol. The first kappa shape index (κ1) is 111. The highest BCUT2D eigenvalue weighted by molar-refractivity contribution is 7.98. The molecule has 0 aliphatic heterocycles. The quantitative estimate of drug-likeness (QED) is 0.0164. The molecule has 0 spiro atoms. The van der Waals surface area contributed by atoms with Crippen molar-refractivity contribution in [2.75, 3.05) is 25.2 Å². The van der Waals surface area contributed by atoms with Crippen LogP contribution >= 0.6 is 11.8 Å². The zero-order valence-corrected chi connectivity index (χ0v) is 71.4. The number of guanidine groups is 1. The smallest absolute Gasteiger partial charge is 0.326 e. The highest BCUT2D eigenvalue weighted by atomic mass is 32.2. The van der Waals surface area contributed by atoms with Gasteiger partial charge in [-0.25, -0.2) is 9.78 Å². The largest absolute Gasteiger partial charge is 0.481 e. The van der Waals surface area contributed by atoms with E-state index < -0.39 is 323 Å². The summed E-state index contributed by atoms with van der Waals surface area (Å²) in [6.07, 6.45) is -8.69. The summed E-state index contributed by atoms with van der Waals surface area (Å²) < 4.78 is 0. The number of carboxylic acids is 5. The summed E-state index contributed by atoms with van der Waals surface area (Å²) in [5.41, 5.74) is 27.5. The SMILES string of the molecule is CSCC[C@H](NC(=O)[C@H](Cc1c[nH]cn1)NC(=O)[C@@H](NC(=O)[C@H](CCC(N)=O)NC(=O)[C@H](CCC(N)=O)NC(=O)[C@H](CCCNC(=N)N)NC(=O)[C@H](CC(=O)O)NC(=O)[C@H](CC(N)=O)NC(=O)[C@H](CCC(=O)O)NC(=O)[C@H](CC(C)C)NC(=O)[C@H](CC(C)C)NC(=O)[C@H](CO)NC(=O)[C@@H](N)CC(=O)O)[C@@H](C)O)C(=O)N[C@@H](CC(C)C)C(=O)N[C@@H](CC(=O)O)C(=O)O. The number of rotatable bonds is 63. The van der Waals surface area contributed by atoms with Crippen LogP contribution in [0.1, 0.15) is 157 Å². The van der Waals surface area contributed by atoms with Gasteiger partial charge in [0.15, 0.2) is 5.96 Å². The highest BCUT2D eigenvalue weighted by Gasteiger charge is 2.41. The van der Waals surface area contributed by atoms with Crippen molar-refractivity contribution in [3.63, 3.8) is 0 Å². The van der Waals surface area contributed by atoms with Gasteiger partial charge in [0.25, 0.3) is 0 Å². The Hall–Kier alpha value is -12.9. The Morgan fingerprint density at radius 3 is 1.09 bits per heavy atom. The molecule has 0 saturated heterocycles. The van der Waals surface area contributed by atoms with Crippen molar-refractivity contribution < 1.29 is 141 Å². The second-order valence-corrected chi connectivity index (χ2v) is 31.5. The van der Waals surface area contributed by atoms with Gasteiger partial charge in [-0.3, -0.25) is 106 Å². The second-order valence-electron chi connectivity index (χ2n) is 30.5. The number of aliphatic carboxylic acids is 5. The Bertz CT molecular complexity index is 3990. The lowest BCUT2D eigenvalue weighted by molar-refractivity contribution is -0.147. The highest BCUT2D eigenvalue weighted by Crippen LogP contribution is 2.16. The van der Waals surface area contributed by atoms with E-state index in [1.165, 1.54) is 24.3 Å². The number of imidazole rings is 1. The fourth-order valence-corrected chi connectivity index (χ4v) is 12.2. The van der Waals surface area contributed by atoms with Gasteiger partial charge >= 0.3 is 29.8 Å². The van der Waals surface area contributed by atoms with Crippen molar-refractivity contribution in [2.45, 2.75) is 254 Å². The molecule has 1 aromatic rings. The van der Waals surface area contributed by atoms with E-state index in [9.17, 15) is 136 Å². The molecule has 0 aromatic carbocycles. The summed E-state index contributed by atoms with van der Waals surface area (Å²) in [5, 5.41) is 110. The number of hydrogen-bond donors (Lipinski definition) is 29. The predicted octanol–water partition coefficient (Wildman–Crippen LogP) is -10.6. The first-order chi connectivity index (χ1) is 58.8. The molecule has 53 heteroatoms. The van der Waals surface area contributed by atoms with Gasteiger partial charge in [0.1, 0.15) is 84.6 Å². The van der Waals surface area contributed by atoms with Crippen LogP contribution in [0, 0.1) is 23.2 Å². The zero-order chi connectivity index (χ0) is 96.1. The maximum absolute atomic E-state index is 14.6. The number of amides is 17. The number of hydrogen-bond acceptors (Lipinski definition) is 28. The number of aliphatic hydroxyl groups excluding tert-OH is 2. The van der Waals surface area contributed by atoms with Crippen LogP contribution in [-0.2, 0) is 112 Å². The monoisotopic (exact) mass is 1810 g/mol. The summed E-state index contributed by atoms with van der Waals surface area (Å²) in [5.74, 6) is -31.0. The van der Waals surface area contributed by atoms with Crippen LogP contribution in [-0.4, -0.2) is 304 Å². The number of primary amides is 3. The maximum Gasteiger partial charge on any atom is 0.326 e. The number of carbonyl (C=O) groups excluding carboxylic acids is 17. The number of carboxylic acid groups (broad SMARTS) is 5. The van der Waals surface area contributed by atoms with Crippen molar-refractivity contribution in [1.29, 1.82) is 5.41 Å². The number of aromatic amines is 1. The summed E-state index contributed by atoms with van der Waals surface area (Å²) >= 11 is 1.22. The standard InChI is InChI=1S/C73H119N23O29S/c1-31(2)20-42(89-65(117)43(21-32(3)4)90-70(122)49(29-97)95-58(110)36(74)24-54(104)105)64(116)86-40(13-16-53(102)103)61(113)91-46(25-52(77)101)68(120)92-47(26-55(106)107)69(121)83-37(10-9-18-81-73(78)79)59(111)84-38(11-14-50(75)99)60(112)85-39(12-15-51(76)100)63(115)96-57(34(7)98)71(123)93-45(23-35-28-80-30-82-35)67(119)87-41(17-19-126-8)62(114)88-44(22-33(5)6)66(118)94-48(72(124)125)27-56(108)109/h28,30-34,36-49,57,97-98H,9-27,29,74H2,1-8H3,(H2,75,99)(H2,76,100)(H2,77,101)(H,80,82)(H,83,121)(H,84,111)(H,85,112)(H,86,116)(H,87,119)(H,88,114)(H,89,117)(H,90,122)(H,91,113)(H,92,120)(H,93,123)(H,94,118)(H,95,110)(H,96,115)(H,102,103)(H,104,105)(H,106,107)(H,108,109)(H,124,125)(H4,78,79,81)/t34-,36+,37+,38+,39+,40+,41+,42+,43+,44+,45+,46+,47+,48+,49+,57+/m1/s1. The number of nitrogens with two attached hydrogens (primary N) is 5. The van der Waals surface area contributed by atoms with Gasteiger partial charge < -0.3 is 149 Å². The lowest BCUT2D eigenvalue weighted by atomic mass is 9.99. The van der Waals surface area contributed by atoms with E-state index in [1.807, 2.05) is 5.32 Å². The summed E-state index contributed by atoms with van der Waals surface area (Å²) in [4.78, 5) is 300. The number of aliphatic hydroxyl groups is 2. The molecule has 0 saturated carbocycles. The average Bonchev–Trinajstić information content (AvgIpc) is 0.904. The van der Waals surface area contributed by atoms with Gasteiger partial charge in [-0.15, -0.1) is 0 Å². The van der Waals surface area contributed by atoms with Crippen molar-refractivity contribution in [1.82, 2.24) is 89.7 Å². The maximum atomic E-state index is 14.6. The minimum absolute atomic E-state index is 0.115. The molecule has 1 aromatic heterocycles. The van der Waals surface area contributed by atoms with Gasteiger partial charge in [-0.2, -0.15) is 11.8 Å². The van der Waals surface area contributed by atoms with Crippen LogP contribution in [0.2, 0.25) is 0 Å². The summed E-state index contributed by atoms with van der Waals surface area (Å²) in [7, 11) is 0. The van der Waals surface area contributed by atoms with E-state index >= 15 is 0 Å². The lowest BCUT2D eigenvalue weighted by Gasteiger charge is -2.29. The normalized spacial score (nSPS) is 14.9. The average molecular weight is 1810 g/mol. The molecule has 126 heavy (non-hydrogen) atoms. The first-order valence-electron chi connectivity index (χ1n) is 39.6. The third-order valence-electron chi connectivity index (χ3n) is 18.0. The van der Waals surface area contributed by atoms with E-state index in [-0.39, 0.29) is 61.9 Å². The van der Waals surface area contributed by atoms with Gasteiger partial charge in [0.2, 0.25) is 100 Å². The molecule has 0 bridgehead atoms. The molecular weight excluding hydrogens is 1700 g/mol. The van der Waals surface area contributed by atoms with Crippen LogP contribution in [0.4, 0.5) is 0 Å². The number of thioether (sulfide) groups is 1. The van der Waals surface area contributed by atoms with Crippen LogP contribution in [0.25, 0.3) is 0 Å². The summed E-state index contributed by atoms with van der Waals surface area (Å²) in [6.45, 7) is 9.45. The van der Waals surface area contributed by atoms with Crippen LogP contribution < -0.4 is 108 Å². The Morgan fingerprint density at radius 2 is 0.730 bits per heavy atom. The van der Waals surface area contributed by atoms with Crippen molar-refractivity contribution in [2.24, 2.45) is 46.4 Å². The lowest BCUT2D eigenvalue weighted by Crippen LogP contribution is -2.62. The minimum Gasteiger partial charge on any atom is -0.481 e. The molecule has 706 valence electrons. The number of carbonyl (C=O) groups is 22. The molecule has 0 aliphatic carbocycles. The van der Waals surface area contributed by atoms with E-state index in [1.54, 1.807) is 47.8 Å². The van der Waals surface area contributed by atoms with E-state index in [4.69, 9.17) is 39.2 Å². The van der Waals surface area contributed by atoms with Gasteiger partial charge in [-0.1, -0.05) is 41.5 Å². The van der Waals surface area contributed by atoms with Gasteiger partial charge in [-0.05, 0) is 94.5 Å². The minimum atomic E-state index is -2.32. The topological polar surface area (TPSA) is 880 Å². The first-order valence-corrected chi connectivity index (χ1v) is 41.0. The van der Waals surface area contributed by atoms with Crippen molar-refractivity contribution in [3.05, 3.63) is 18.2 Å². The Kier molecular flexibility index (Phi) is 50.0. The second kappa shape index (κ2) is 56.7. The zero-order valence-electron chi connectivity index (χ0n) is 70.6. The third kappa shape index (κ3) is 44.4. The van der Waals surface area contributed by atoms with E-state index in [0.717, 1.165) is 6.92 Å². The Balaban J connectivity index is 3.86. The van der Waals surface area contributed by atoms with E-state index in [0.29, 0.717) is 0 Å². The third-order valence-corrected chi connectivity index (χ3v) is 18.7. The van der Waals surface area contributed by atoms with Crippen molar-refractivity contribution >= 4 is 148 Å². The van der Waals surface area contributed by atoms with Crippen LogP contribution in [0.15, 0.2) is 12.5 Å². The molecule has 0 aliphatic rings. The molecule has 0 radical (unpaired) electrons. The number of aromatic nitrogens is 2. The van der Waals surface area contributed by atoms with Gasteiger partial charge in [0.05, 0.1) is 56.5 Å². The fourth-order valence-electron chi connectivity index (χ4n) is 11.7. The van der Waals surface area contributed by atoms with E-state index in [2.05, 4.69) is 84.4 Å². The molecule has 52 nitrogen and oxygen atoms in total. The number of H-pyrrole nitrogens is 1. The number of nitrogens with zero attached hydrogens (tertiary/aromatic N) is 1. The van der Waals surface area contributed by atoms with Crippen LogP contribution in [0.5, 0.6) is 0 Å². The molecule has 0 unspecified atom stereocenters. The van der Waals surface area contributed by atoms with Gasteiger partial charge in [0, 0.05) is 38.4 Å². The molecule has 0 fully saturated rings. The van der Waals surface area contributed by atoms with Crippen LogP contribution in [0.3, 0.4) is 0 Å². The molecule has 1 heterocycles. The molecule has 1 rings (SSSR count). The Labute approximate surface area is 725 Å². The Morgan fingerprint density at radius 1 is 0.397 bits per heavy atom. The summed E-state index contributed by atoms with van der Waals surface area (Å²) in [6, 6.07) is -27.9. The number of nitrogens with one attached hydrogen (secondary N) is 17. The molecule has 34 N–H and O–H groups in total.